The van der Waals surface area contributed by atoms with Crippen LogP contribution in [0.15, 0.2) is 97.1 Å². The van der Waals surface area contributed by atoms with Crippen LogP contribution in [0.25, 0.3) is 22.8 Å². The summed E-state index contributed by atoms with van der Waals surface area (Å²) in [5.41, 5.74) is 9.44. The summed E-state index contributed by atoms with van der Waals surface area (Å²) in [7, 11) is 0. The van der Waals surface area contributed by atoms with Gasteiger partial charge < -0.3 is 26.8 Å². The third kappa shape index (κ3) is 13.2. The number of carbonyl (C=O) groups is 3. The number of carboxylic acids is 1. The van der Waals surface area contributed by atoms with Gasteiger partial charge in [-0.3, -0.25) is 0 Å². The Morgan fingerprint density at radius 3 is 1.58 bits per heavy atom. The van der Waals surface area contributed by atoms with Gasteiger partial charge in [-0.1, -0.05) is 72.8 Å². The second-order valence-corrected chi connectivity index (χ2v) is 14.2. The Balaban J connectivity index is 0.000000227. The highest BCUT2D eigenvalue weighted by Crippen LogP contribution is 2.30. The first kappa shape index (κ1) is 43.0. The number of halogens is 3. The number of urea groups is 2. The minimum atomic E-state index is -4.36. The van der Waals surface area contributed by atoms with Crippen molar-refractivity contribution in [1.29, 1.82) is 0 Å². The number of aromatic nitrogens is 8. The Morgan fingerprint density at radius 1 is 0.678 bits per heavy atom. The number of alkyl halides is 3. The SMILES string of the molecule is CC(C)(C)NC(=O)NCCn1nnc(-c2ccccc2Cc2ccc(C(F)(F)F)cc2)n1.NC(=O)NCCn1nnc(-c2ccccc2Cc2ccc(C(=O)O)cc2)n1. The summed E-state index contributed by atoms with van der Waals surface area (Å²) in [5, 5.41) is 41.9. The van der Waals surface area contributed by atoms with E-state index in [9.17, 15) is 27.6 Å². The number of nitrogens with one attached hydrogen (secondary N) is 3. The molecule has 6 aromatic rings. The number of tetrazole rings is 2. The Morgan fingerprint density at radius 2 is 1.14 bits per heavy atom. The molecule has 4 aromatic carbocycles. The maximum atomic E-state index is 12.8. The number of nitrogens with two attached hydrogens (primary N) is 1. The van der Waals surface area contributed by atoms with Crippen molar-refractivity contribution in [1.82, 2.24) is 56.4 Å². The summed E-state index contributed by atoms with van der Waals surface area (Å²) >= 11 is 0. The molecular formula is C40H43F3N12O4. The minimum absolute atomic E-state index is 0.251. The molecule has 59 heavy (non-hydrogen) atoms. The monoisotopic (exact) mass is 812 g/mol. The average Bonchev–Trinajstić information content (AvgIpc) is 3.85. The molecule has 2 aromatic heterocycles. The van der Waals surface area contributed by atoms with E-state index in [0.717, 1.165) is 45.5 Å². The number of aromatic carboxylic acids is 1. The predicted octanol–water partition coefficient (Wildman–Crippen LogP) is 5.34. The highest BCUT2D eigenvalue weighted by Gasteiger charge is 2.30. The Kier molecular flexibility index (Phi) is 14.1. The van der Waals surface area contributed by atoms with Gasteiger partial charge in [-0.05, 0) is 90.6 Å². The first-order valence-corrected chi connectivity index (χ1v) is 18.3. The molecule has 0 unspecified atom stereocenters. The summed E-state index contributed by atoms with van der Waals surface area (Å²) in [5.74, 6) is -0.0629. The van der Waals surface area contributed by atoms with Crippen LogP contribution in [0.1, 0.15) is 58.9 Å². The van der Waals surface area contributed by atoms with E-state index in [0.29, 0.717) is 50.7 Å². The number of hydrogen-bond acceptors (Lipinski definition) is 9. The van der Waals surface area contributed by atoms with Crippen LogP contribution in [0.5, 0.6) is 0 Å². The van der Waals surface area contributed by atoms with Gasteiger partial charge in [0.15, 0.2) is 0 Å². The van der Waals surface area contributed by atoms with Gasteiger partial charge in [0.25, 0.3) is 0 Å². The lowest BCUT2D eigenvalue weighted by atomic mass is 9.98. The first-order valence-electron chi connectivity index (χ1n) is 18.3. The van der Waals surface area contributed by atoms with E-state index in [1.54, 1.807) is 24.3 Å². The average molecular weight is 813 g/mol. The molecule has 0 fully saturated rings. The molecule has 0 spiro atoms. The van der Waals surface area contributed by atoms with E-state index in [4.69, 9.17) is 10.8 Å². The van der Waals surface area contributed by atoms with Crippen molar-refractivity contribution >= 4 is 18.0 Å². The number of benzene rings is 4. The predicted molar refractivity (Wildman–Crippen MR) is 211 cm³/mol. The molecular weight excluding hydrogens is 770 g/mol. The number of rotatable bonds is 13. The number of carbonyl (C=O) groups excluding carboxylic acids is 2. The van der Waals surface area contributed by atoms with E-state index < -0.39 is 23.7 Å². The molecule has 0 aliphatic rings. The van der Waals surface area contributed by atoms with E-state index in [1.165, 1.54) is 21.7 Å². The van der Waals surface area contributed by atoms with Crippen LogP contribution in [0.2, 0.25) is 0 Å². The normalized spacial score (nSPS) is 11.3. The van der Waals surface area contributed by atoms with Crippen molar-refractivity contribution in [2.45, 2.75) is 58.4 Å². The lowest BCUT2D eigenvalue weighted by Crippen LogP contribution is -2.47. The zero-order valence-electron chi connectivity index (χ0n) is 32.4. The van der Waals surface area contributed by atoms with Gasteiger partial charge in [0, 0.05) is 29.8 Å². The zero-order chi connectivity index (χ0) is 42.6. The molecule has 6 rings (SSSR count). The van der Waals surface area contributed by atoms with Crippen LogP contribution < -0.4 is 21.7 Å². The maximum absolute atomic E-state index is 12.8. The number of nitrogens with zero attached hydrogens (tertiary/aromatic N) is 8. The number of primary amides is 1. The molecule has 0 saturated heterocycles. The molecule has 4 amide bonds. The highest BCUT2D eigenvalue weighted by atomic mass is 19.4. The minimum Gasteiger partial charge on any atom is -0.478 e. The Hall–Kier alpha value is -7.18. The molecule has 0 bridgehead atoms. The number of amides is 4. The Labute approximate surface area is 337 Å². The number of carboxylic acid groups (broad SMARTS) is 1. The fraction of sp³-hybridized carbons (Fsp3) is 0.275. The molecule has 0 saturated carbocycles. The second-order valence-electron chi connectivity index (χ2n) is 14.2. The van der Waals surface area contributed by atoms with Crippen molar-refractivity contribution in [2.75, 3.05) is 13.1 Å². The van der Waals surface area contributed by atoms with Crippen molar-refractivity contribution in [2.24, 2.45) is 5.73 Å². The smallest absolute Gasteiger partial charge is 0.416 e. The van der Waals surface area contributed by atoms with Crippen molar-refractivity contribution < 1.29 is 32.7 Å². The lowest BCUT2D eigenvalue weighted by Gasteiger charge is -2.20. The van der Waals surface area contributed by atoms with Crippen LogP contribution in [-0.2, 0) is 32.1 Å². The number of hydrogen-bond donors (Lipinski definition) is 5. The topological polar surface area (TPSA) is 221 Å². The van der Waals surface area contributed by atoms with Gasteiger partial charge in [0.2, 0.25) is 11.6 Å². The van der Waals surface area contributed by atoms with E-state index in [-0.39, 0.29) is 17.1 Å². The van der Waals surface area contributed by atoms with Gasteiger partial charge in [-0.2, -0.15) is 22.8 Å². The highest BCUT2D eigenvalue weighted by molar-refractivity contribution is 5.87. The molecule has 0 radical (unpaired) electrons. The second kappa shape index (κ2) is 19.3. The molecule has 6 N–H and O–H groups in total. The lowest BCUT2D eigenvalue weighted by molar-refractivity contribution is -0.137. The summed E-state index contributed by atoms with van der Waals surface area (Å²) in [6, 6.07) is 26.1. The third-order valence-corrected chi connectivity index (χ3v) is 8.39. The Bertz CT molecular complexity index is 2340. The molecule has 19 heteroatoms. The summed E-state index contributed by atoms with van der Waals surface area (Å²) in [4.78, 5) is 36.3. The molecule has 2 heterocycles. The molecule has 0 aliphatic carbocycles. The zero-order valence-corrected chi connectivity index (χ0v) is 32.4. The molecule has 0 aliphatic heterocycles. The van der Waals surface area contributed by atoms with Crippen LogP contribution in [0.4, 0.5) is 22.8 Å². The quantitative estimate of drug-likeness (QED) is 0.101. The van der Waals surface area contributed by atoms with E-state index in [1.807, 2.05) is 69.3 Å². The third-order valence-electron chi connectivity index (χ3n) is 8.39. The van der Waals surface area contributed by atoms with Crippen LogP contribution in [0, 0.1) is 0 Å². The van der Waals surface area contributed by atoms with E-state index >= 15 is 0 Å². The summed E-state index contributed by atoms with van der Waals surface area (Å²) < 4.78 is 38.4. The van der Waals surface area contributed by atoms with E-state index in [2.05, 4.69) is 46.8 Å². The van der Waals surface area contributed by atoms with Crippen molar-refractivity contribution in [3.8, 4) is 22.8 Å². The van der Waals surface area contributed by atoms with Crippen molar-refractivity contribution in [3.05, 3.63) is 130 Å². The molecule has 0 atom stereocenters. The standard InChI is InChI=1S/C22H25F3N6O.C18H18N6O3/c1-21(2,3)27-20(32)26-12-13-31-29-19(28-30-31)18-7-5-4-6-16(18)14-15-8-10-17(11-9-15)22(23,24)25;19-18(27)20-9-10-24-22-16(21-23-24)15-4-2-1-3-14(15)11-12-5-7-13(8-6-12)17(25)26/h4-11H,12-14H2,1-3H3,(H2,26,27,32);1-8H,9-11H2,(H,25,26)(H3,19,20,27). The largest absolute Gasteiger partial charge is 0.478 e. The molecule has 308 valence electrons. The van der Waals surface area contributed by atoms with Gasteiger partial charge in [-0.25, -0.2) is 14.4 Å². The van der Waals surface area contributed by atoms with Gasteiger partial charge >= 0.3 is 24.2 Å². The van der Waals surface area contributed by atoms with Crippen molar-refractivity contribution in [3.63, 3.8) is 0 Å². The van der Waals surface area contributed by atoms with Gasteiger partial charge in [0.1, 0.15) is 0 Å². The van der Waals surface area contributed by atoms with Crippen LogP contribution in [0.3, 0.4) is 0 Å². The molecule has 16 nitrogen and oxygen atoms in total. The van der Waals surface area contributed by atoms with Crippen LogP contribution in [-0.4, -0.2) is 82.2 Å². The summed E-state index contributed by atoms with van der Waals surface area (Å²) in [6.07, 6.45) is -3.33. The summed E-state index contributed by atoms with van der Waals surface area (Å²) in [6.45, 7) is 6.99. The van der Waals surface area contributed by atoms with Gasteiger partial charge in [0.05, 0.1) is 24.2 Å². The van der Waals surface area contributed by atoms with Crippen LogP contribution >= 0.6 is 0 Å². The van der Waals surface area contributed by atoms with Gasteiger partial charge in [-0.15, -0.1) is 20.4 Å². The fourth-order valence-corrected chi connectivity index (χ4v) is 5.63. The first-order chi connectivity index (χ1) is 28.0. The maximum Gasteiger partial charge on any atom is 0.416 e. The fourth-order valence-electron chi connectivity index (χ4n) is 5.63.